The van der Waals surface area contributed by atoms with E-state index in [9.17, 15) is 10.1 Å². The number of halogens is 1. The molecule has 0 spiro atoms. The first-order valence-electron chi connectivity index (χ1n) is 14.3. The topological polar surface area (TPSA) is 101 Å². The lowest BCUT2D eigenvalue weighted by Crippen LogP contribution is -2.51. The fourth-order valence-corrected chi connectivity index (χ4v) is 6.33. The molecular formula is C29H39BrN8O2. The van der Waals surface area contributed by atoms with Gasteiger partial charge >= 0.3 is 0 Å². The summed E-state index contributed by atoms with van der Waals surface area (Å²) in [5.41, 5.74) is 4.83. The molecule has 3 aliphatic heterocycles. The molecule has 2 aromatic rings. The van der Waals surface area contributed by atoms with Gasteiger partial charge in [0.1, 0.15) is 6.07 Å². The van der Waals surface area contributed by atoms with E-state index in [2.05, 4.69) is 53.1 Å². The molecule has 0 saturated carbocycles. The normalized spacial score (nSPS) is 21.6. The maximum absolute atomic E-state index is 13.3. The van der Waals surface area contributed by atoms with Gasteiger partial charge in [0.15, 0.2) is 5.82 Å². The van der Waals surface area contributed by atoms with Gasteiger partial charge in [-0.3, -0.25) is 20.1 Å². The number of carbonyl (C=O) groups is 1. The number of piperazine rings is 1. The van der Waals surface area contributed by atoms with Crippen molar-refractivity contribution in [3.8, 4) is 6.07 Å². The molecule has 3 saturated heterocycles. The summed E-state index contributed by atoms with van der Waals surface area (Å²) in [4.78, 5) is 29.3. The number of aromatic nitrogens is 2. The van der Waals surface area contributed by atoms with Gasteiger partial charge in [-0.2, -0.15) is 10.2 Å². The highest BCUT2D eigenvalue weighted by molar-refractivity contribution is 9.10. The number of carbonyl (C=O) groups excluding carboxylic acids is 1. The molecule has 214 valence electrons. The Labute approximate surface area is 245 Å². The SMILES string of the molecule is CN1CCCC(CN2CCN(Cc3ccc(C(=O)NN(c4nc(C#N)ncc4Br)C4CCOCC4)cc3)CC2)C1. The first kappa shape index (κ1) is 28.9. The Morgan fingerprint density at radius 3 is 2.55 bits per heavy atom. The predicted molar refractivity (Wildman–Crippen MR) is 157 cm³/mol. The second-order valence-electron chi connectivity index (χ2n) is 11.2. The number of benzene rings is 1. The van der Waals surface area contributed by atoms with E-state index in [1.807, 2.05) is 30.3 Å². The minimum atomic E-state index is -0.218. The molecule has 5 rings (SSSR count). The lowest BCUT2D eigenvalue weighted by Gasteiger charge is -2.38. The molecule has 0 aliphatic carbocycles. The molecule has 1 aromatic heterocycles. The summed E-state index contributed by atoms with van der Waals surface area (Å²) in [7, 11) is 2.24. The third kappa shape index (κ3) is 7.56. The van der Waals surface area contributed by atoms with Crippen molar-refractivity contribution in [1.29, 1.82) is 5.26 Å². The summed E-state index contributed by atoms with van der Waals surface area (Å²) in [6.07, 6.45) is 5.70. The van der Waals surface area contributed by atoms with Gasteiger partial charge in [0.2, 0.25) is 5.82 Å². The Bertz CT molecular complexity index is 1180. The van der Waals surface area contributed by atoms with E-state index < -0.39 is 0 Å². The summed E-state index contributed by atoms with van der Waals surface area (Å²) in [5, 5.41) is 11.1. The second-order valence-corrected chi connectivity index (χ2v) is 12.0. The Balaban J connectivity index is 1.17. The van der Waals surface area contributed by atoms with Gasteiger partial charge in [0.05, 0.1) is 10.5 Å². The van der Waals surface area contributed by atoms with Crippen LogP contribution in [0.3, 0.4) is 0 Å². The number of nitrogens with one attached hydrogen (secondary N) is 1. The van der Waals surface area contributed by atoms with Crippen LogP contribution in [0.5, 0.6) is 0 Å². The minimum absolute atomic E-state index is 0.00703. The van der Waals surface area contributed by atoms with Crippen molar-refractivity contribution in [3.05, 3.63) is 51.9 Å². The van der Waals surface area contributed by atoms with Gasteiger partial charge in [0, 0.05) is 70.8 Å². The van der Waals surface area contributed by atoms with Crippen LogP contribution in [0.15, 0.2) is 34.9 Å². The molecule has 40 heavy (non-hydrogen) atoms. The molecule has 4 heterocycles. The zero-order valence-electron chi connectivity index (χ0n) is 23.3. The summed E-state index contributed by atoms with van der Waals surface area (Å²) >= 11 is 3.49. The number of nitriles is 1. The van der Waals surface area contributed by atoms with E-state index >= 15 is 0 Å². The quantitative estimate of drug-likeness (QED) is 0.452. The smallest absolute Gasteiger partial charge is 0.269 e. The van der Waals surface area contributed by atoms with Crippen molar-refractivity contribution >= 4 is 27.7 Å². The van der Waals surface area contributed by atoms with Gasteiger partial charge in [-0.05, 0) is 78.8 Å². The molecular weight excluding hydrogens is 572 g/mol. The number of amides is 1. The maximum Gasteiger partial charge on any atom is 0.269 e. The van der Waals surface area contributed by atoms with Crippen molar-refractivity contribution in [2.45, 2.75) is 38.3 Å². The number of hydrogen-bond acceptors (Lipinski definition) is 9. The van der Waals surface area contributed by atoms with Crippen molar-refractivity contribution < 1.29 is 9.53 Å². The molecule has 0 radical (unpaired) electrons. The molecule has 10 nitrogen and oxygen atoms in total. The molecule has 0 bridgehead atoms. The highest BCUT2D eigenvalue weighted by Crippen LogP contribution is 2.27. The number of rotatable bonds is 8. The van der Waals surface area contributed by atoms with Crippen LogP contribution in [0.25, 0.3) is 0 Å². The van der Waals surface area contributed by atoms with E-state index in [4.69, 9.17) is 4.74 Å². The van der Waals surface area contributed by atoms with Gasteiger partial charge in [-0.15, -0.1) is 0 Å². The zero-order chi connectivity index (χ0) is 27.9. The second kappa shape index (κ2) is 13.8. The first-order valence-corrected chi connectivity index (χ1v) is 15.1. The van der Waals surface area contributed by atoms with Crippen LogP contribution >= 0.6 is 15.9 Å². The fourth-order valence-electron chi connectivity index (χ4n) is 5.95. The molecule has 1 amide bonds. The number of ether oxygens (including phenoxy) is 1. The van der Waals surface area contributed by atoms with Crippen LogP contribution in [-0.2, 0) is 11.3 Å². The van der Waals surface area contributed by atoms with Gasteiger partial charge in [0.25, 0.3) is 5.91 Å². The Hall–Kier alpha value is -2.62. The number of likely N-dealkylation sites (tertiary alicyclic amines) is 1. The Morgan fingerprint density at radius 1 is 1.12 bits per heavy atom. The third-order valence-electron chi connectivity index (χ3n) is 8.16. The molecule has 1 N–H and O–H groups in total. The van der Waals surface area contributed by atoms with Crippen LogP contribution in [0.1, 0.15) is 47.4 Å². The monoisotopic (exact) mass is 610 g/mol. The van der Waals surface area contributed by atoms with Gasteiger partial charge in [-0.25, -0.2) is 4.98 Å². The highest BCUT2D eigenvalue weighted by atomic mass is 79.9. The summed E-state index contributed by atoms with van der Waals surface area (Å²) in [5.74, 6) is 1.11. The van der Waals surface area contributed by atoms with Crippen LogP contribution in [0, 0.1) is 17.2 Å². The molecule has 3 fully saturated rings. The first-order chi connectivity index (χ1) is 19.5. The van der Waals surface area contributed by atoms with E-state index in [-0.39, 0.29) is 17.8 Å². The van der Waals surface area contributed by atoms with E-state index in [0.29, 0.717) is 29.1 Å². The van der Waals surface area contributed by atoms with Crippen molar-refractivity contribution in [2.24, 2.45) is 5.92 Å². The van der Waals surface area contributed by atoms with Crippen molar-refractivity contribution in [1.82, 2.24) is 30.1 Å². The summed E-state index contributed by atoms with van der Waals surface area (Å²) < 4.78 is 6.14. The number of piperidine rings is 1. The number of nitrogens with zero attached hydrogens (tertiary/aromatic N) is 7. The highest BCUT2D eigenvalue weighted by Gasteiger charge is 2.28. The van der Waals surface area contributed by atoms with Crippen LogP contribution in [0.4, 0.5) is 5.82 Å². The number of anilines is 1. The number of hydrazine groups is 1. The molecule has 1 atom stereocenters. The van der Waals surface area contributed by atoms with E-state index in [1.165, 1.54) is 38.0 Å². The average molecular weight is 612 g/mol. The Morgan fingerprint density at radius 2 is 1.85 bits per heavy atom. The minimum Gasteiger partial charge on any atom is -0.381 e. The summed E-state index contributed by atoms with van der Waals surface area (Å²) in [6.45, 7) is 10.2. The fraction of sp³-hybridized carbons (Fsp3) is 0.586. The van der Waals surface area contributed by atoms with E-state index in [0.717, 1.165) is 51.5 Å². The molecule has 11 heteroatoms. The third-order valence-corrected chi connectivity index (χ3v) is 8.72. The van der Waals surface area contributed by atoms with Crippen molar-refractivity contribution in [2.75, 3.05) is 71.1 Å². The number of hydrogen-bond donors (Lipinski definition) is 1. The standard InChI is InChI=1S/C29H39BrN8O2/c1-35-10-2-3-23(19-35)21-37-13-11-36(12-14-37)20-22-4-6-24(7-5-22)29(39)34-38(25-8-15-40-16-9-25)28-26(30)18-32-27(17-31)33-28/h4-7,18,23,25H,2-3,8-16,19-21H2,1H3,(H,34,39). The molecule has 3 aliphatic rings. The van der Waals surface area contributed by atoms with Gasteiger partial charge < -0.3 is 14.5 Å². The zero-order valence-corrected chi connectivity index (χ0v) is 24.9. The Kier molecular flexibility index (Phi) is 9.99. The maximum atomic E-state index is 13.3. The summed E-state index contributed by atoms with van der Waals surface area (Å²) in [6, 6.07) is 9.85. The van der Waals surface area contributed by atoms with Crippen LogP contribution < -0.4 is 10.4 Å². The molecule has 1 aromatic carbocycles. The van der Waals surface area contributed by atoms with Gasteiger partial charge in [-0.1, -0.05) is 12.1 Å². The largest absolute Gasteiger partial charge is 0.381 e. The average Bonchev–Trinajstić information content (AvgIpc) is 2.98. The lowest BCUT2D eigenvalue weighted by molar-refractivity contribution is 0.0774. The lowest BCUT2D eigenvalue weighted by atomic mass is 9.97. The molecule has 1 unspecified atom stereocenters. The van der Waals surface area contributed by atoms with Crippen LogP contribution in [-0.4, -0.2) is 103 Å². The van der Waals surface area contributed by atoms with Crippen molar-refractivity contribution in [3.63, 3.8) is 0 Å². The van der Waals surface area contributed by atoms with E-state index in [1.54, 1.807) is 11.2 Å². The van der Waals surface area contributed by atoms with Crippen LogP contribution in [0.2, 0.25) is 0 Å². The predicted octanol–water partition coefficient (Wildman–Crippen LogP) is 2.90.